The quantitative estimate of drug-likeness (QED) is 0.746. The molecular weight excluding hydrogens is 270 g/mol. The van der Waals surface area contributed by atoms with Gasteiger partial charge in [0.1, 0.15) is 0 Å². The lowest BCUT2D eigenvalue weighted by molar-refractivity contribution is 0.0461. The van der Waals surface area contributed by atoms with E-state index >= 15 is 0 Å². The third kappa shape index (κ3) is 3.85. The molecule has 0 bridgehead atoms. The van der Waals surface area contributed by atoms with Gasteiger partial charge in [-0.05, 0) is 17.5 Å². The van der Waals surface area contributed by atoms with Gasteiger partial charge < -0.3 is 4.74 Å². The van der Waals surface area contributed by atoms with Gasteiger partial charge in [0.05, 0.1) is 12.7 Å². The van der Waals surface area contributed by atoms with Crippen LogP contribution in [0.2, 0.25) is 0 Å². The van der Waals surface area contributed by atoms with E-state index < -0.39 is 0 Å². The summed E-state index contributed by atoms with van der Waals surface area (Å²) in [5.41, 5.74) is 2.58. The van der Waals surface area contributed by atoms with Crippen LogP contribution in [-0.4, -0.2) is 23.6 Å². The first-order valence-corrected chi connectivity index (χ1v) is 7.91. The van der Waals surface area contributed by atoms with E-state index in [9.17, 15) is 0 Å². The molecule has 0 saturated carbocycles. The zero-order valence-electron chi connectivity index (χ0n) is 12.9. The van der Waals surface area contributed by atoms with Gasteiger partial charge in [-0.15, -0.1) is 6.58 Å². The van der Waals surface area contributed by atoms with E-state index in [2.05, 4.69) is 72.2 Å². The molecule has 22 heavy (non-hydrogen) atoms. The second-order valence-corrected chi connectivity index (χ2v) is 5.87. The molecule has 0 unspecified atom stereocenters. The maximum atomic E-state index is 6.10. The molecule has 0 spiro atoms. The lowest BCUT2D eigenvalue weighted by atomic mass is 10.1. The molecule has 0 aromatic heterocycles. The van der Waals surface area contributed by atoms with Crippen LogP contribution in [0, 0.1) is 0 Å². The fourth-order valence-electron chi connectivity index (χ4n) is 3.04. The standard InChI is InChI=1S/C20H23NO/c1-2-19-13-20(22-16-18-11-7-4-8-12-18)15-21(19)14-17-9-5-3-6-10-17/h2-12,19-20H,1,13-16H2/t19-,20-/m1/s1. The Hall–Kier alpha value is -1.90. The van der Waals surface area contributed by atoms with Gasteiger partial charge in [0.25, 0.3) is 0 Å². The molecule has 114 valence electrons. The molecule has 0 N–H and O–H groups in total. The number of rotatable bonds is 6. The Morgan fingerprint density at radius 3 is 2.27 bits per heavy atom. The first-order chi connectivity index (χ1) is 10.8. The molecule has 3 rings (SSSR count). The minimum absolute atomic E-state index is 0.284. The van der Waals surface area contributed by atoms with E-state index in [-0.39, 0.29) is 6.10 Å². The Bertz CT molecular complexity index is 581. The van der Waals surface area contributed by atoms with Gasteiger partial charge in [0.2, 0.25) is 0 Å². The smallest absolute Gasteiger partial charge is 0.0724 e. The van der Waals surface area contributed by atoms with Crippen LogP contribution >= 0.6 is 0 Å². The largest absolute Gasteiger partial charge is 0.372 e. The summed E-state index contributed by atoms with van der Waals surface area (Å²) >= 11 is 0. The van der Waals surface area contributed by atoms with Gasteiger partial charge in [-0.1, -0.05) is 66.7 Å². The van der Waals surface area contributed by atoms with E-state index in [4.69, 9.17) is 4.74 Å². The van der Waals surface area contributed by atoms with Gasteiger partial charge in [-0.2, -0.15) is 0 Å². The van der Waals surface area contributed by atoms with Crippen molar-refractivity contribution in [3.63, 3.8) is 0 Å². The number of benzene rings is 2. The molecule has 2 atom stereocenters. The highest BCUT2D eigenvalue weighted by Crippen LogP contribution is 2.24. The molecule has 0 radical (unpaired) electrons. The zero-order valence-corrected chi connectivity index (χ0v) is 12.9. The van der Waals surface area contributed by atoms with Crippen molar-refractivity contribution in [3.8, 4) is 0 Å². The summed E-state index contributed by atoms with van der Waals surface area (Å²) in [5, 5.41) is 0. The lowest BCUT2D eigenvalue weighted by Crippen LogP contribution is -2.28. The van der Waals surface area contributed by atoms with Crippen LogP contribution in [0.25, 0.3) is 0 Å². The van der Waals surface area contributed by atoms with Crippen molar-refractivity contribution in [1.82, 2.24) is 4.90 Å². The average Bonchev–Trinajstić information content (AvgIpc) is 2.97. The highest BCUT2D eigenvalue weighted by atomic mass is 16.5. The van der Waals surface area contributed by atoms with Crippen molar-refractivity contribution in [2.75, 3.05) is 6.54 Å². The van der Waals surface area contributed by atoms with Gasteiger partial charge in [-0.25, -0.2) is 0 Å². The van der Waals surface area contributed by atoms with E-state index in [0.717, 1.165) is 19.5 Å². The Balaban J connectivity index is 1.56. The fourth-order valence-corrected chi connectivity index (χ4v) is 3.04. The number of hydrogen-bond acceptors (Lipinski definition) is 2. The SMILES string of the molecule is C=C[C@@H]1C[C@@H](OCc2ccccc2)CN1Cc1ccccc1. The van der Waals surface area contributed by atoms with Crippen LogP contribution in [0.4, 0.5) is 0 Å². The molecule has 0 aliphatic carbocycles. The molecular formula is C20H23NO. The maximum absolute atomic E-state index is 6.10. The number of hydrogen-bond donors (Lipinski definition) is 0. The molecule has 1 saturated heterocycles. The molecule has 1 aliphatic rings. The van der Waals surface area contributed by atoms with E-state index in [1.807, 2.05) is 6.07 Å². The van der Waals surface area contributed by atoms with Crippen LogP contribution in [0.1, 0.15) is 17.5 Å². The number of likely N-dealkylation sites (tertiary alicyclic amines) is 1. The zero-order chi connectivity index (χ0) is 15.2. The van der Waals surface area contributed by atoms with Gasteiger partial charge in [-0.3, -0.25) is 4.90 Å². The second kappa shape index (κ2) is 7.39. The molecule has 1 heterocycles. The van der Waals surface area contributed by atoms with Crippen molar-refractivity contribution >= 4 is 0 Å². The number of nitrogens with zero attached hydrogens (tertiary/aromatic N) is 1. The highest BCUT2D eigenvalue weighted by molar-refractivity contribution is 5.16. The minimum Gasteiger partial charge on any atom is -0.372 e. The Morgan fingerprint density at radius 1 is 1.00 bits per heavy atom. The third-order valence-electron chi connectivity index (χ3n) is 4.24. The molecule has 2 aromatic rings. The van der Waals surface area contributed by atoms with Crippen LogP contribution in [-0.2, 0) is 17.9 Å². The minimum atomic E-state index is 0.284. The summed E-state index contributed by atoms with van der Waals surface area (Å²) in [6, 6.07) is 21.4. The monoisotopic (exact) mass is 293 g/mol. The second-order valence-electron chi connectivity index (χ2n) is 5.87. The van der Waals surface area contributed by atoms with E-state index in [1.165, 1.54) is 11.1 Å². The van der Waals surface area contributed by atoms with Crippen LogP contribution in [0.15, 0.2) is 73.3 Å². The average molecular weight is 293 g/mol. The van der Waals surface area contributed by atoms with Crippen LogP contribution < -0.4 is 0 Å². The summed E-state index contributed by atoms with van der Waals surface area (Å²) in [4.78, 5) is 2.46. The van der Waals surface area contributed by atoms with Crippen molar-refractivity contribution in [3.05, 3.63) is 84.4 Å². The molecule has 1 aliphatic heterocycles. The van der Waals surface area contributed by atoms with Crippen LogP contribution in [0.5, 0.6) is 0 Å². The molecule has 1 fully saturated rings. The predicted molar refractivity (Wildman–Crippen MR) is 90.5 cm³/mol. The Kier molecular flexibility index (Phi) is 5.04. The van der Waals surface area contributed by atoms with Crippen molar-refractivity contribution in [2.24, 2.45) is 0 Å². The lowest BCUT2D eigenvalue weighted by Gasteiger charge is -2.21. The topological polar surface area (TPSA) is 12.5 Å². The third-order valence-corrected chi connectivity index (χ3v) is 4.24. The van der Waals surface area contributed by atoms with E-state index in [0.29, 0.717) is 12.6 Å². The van der Waals surface area contributed by atoms with Crippen molar-refractivity contribution in [1.29, 1.82) is 0 Å². The summed E-state index contributed by atoms with van der Waals surface area (Å²) in [5.74, 6) is 0. The summed E-state index contributed by atoms with van der Waals surface area (Å²) in [6.45, 7) is 6.61. The fraction of sp³-hybridized carbons (Fsp3) is 0.300. The normalized spacial score (nSPS) is 21.8. The first kappa shape index (κ1) is 15.0. The highest BCUT2D eigenvalue weighted by Gasteiger charge is 2.30. The molecule has 2 aromatic carbocycles. The maximum Gasteiger partial charge on any atom is 0.0724 e. The van der Waals surface area contributed by atoms with Crippen molar-refractivity contribution < 1.29 is 4.74 Å². The molecule has 2 heteroatoms. The number of ether oxygens (including phenoxy) is 1. The van der Waals surface area contributed by atoms with E-state index in [1.54, 1.807) is 0 Å². The molecule has 0 amide bonds. The molecule has 2 nitrogen and oxygen atoms in total. The first-order valence-electron chi connectivity index (χ1n) is 7.91. The van der Waals surface area contributed by atoms with Gasteiger partial charge in [0, 0.05) is 19.1 Å². The summed E-state index contributed by atoms with van der Waals surface area (Å²) < 4.78 is 6.10. The Labute approximate surface area is 133 Å². The predicted octanol–water partition coefficient (Wildman–Crippen LogP) is 4.03. The Morgan fingerprint density at radius 2 is 1.64 bits per heavy atom. The van der Waals surface area contributed by atoms with Crippen LogP contribution in [0.3, 0.4) is 0 Å². The van der Waals surface area contributed by atoms with Crippen molar-refractivity contribution in [2.45, 2.75) is 31.7 Å². The summed E-state index contributed by atoms with van der Waals surface area (Å²) in [7, 11) is 0. The van der Waals surface area contributed by atoms with Gasteiger partial charge >= 0.3 is 0 Å². The van der Waals surface area contributed by atoms with Gasteiger partial charge in [0.15, 0.2) is 0 Å². The summed E-state index contributed by atoms with van der Waals surface area (Å²) in [6.07, 6.45) is 3.37.